The standard InChI is InChI=1S/C12H19NO2S2/c1-10-3-5-11(6-4-10)12(9-13)16-7-8-17(2,14)15/h3-6,12H,7-9,13H2,1-2H3. The van der Waals surface area contributed by atoms with Crippen molar-refractivity contribution in [2.45, 2.75) is 12.2 Å². The van der Waals surface area contributed by atoms with Crippen LogP contribution in [0.5, 0.6) is 0 Å². The number of hydrogen-bond donors (Lipinski definition) is 1. The maximum atomic E-state index is 11.0. The molecule has 17 heavy (non-hydrogen) atoms. The fourth-order valence-corrected chi connectivity index (χ4v) is 3.79. The number of benzene rings is 1. The van der Waals surface area contributed by atoms with Gasteiger partial charge < -0.3 is 5.73 Å². The van der Waals surface area contributed by atoms with Gasteiger partial charge in [0.05, 0.1) is 5.75 Å². The van der Waals surface area contributed by atoms with E-state index in [0.717, 1.165) is 5.56 Å². The molecule has 0 saturated carbocycles. The summed E-state index contributed by atoms with van der Waals surface area (Å²) in [6.07, 6.45) is 1.26. The predicted molar refractivity (Wildman–Crippen MR) is 75.1 cm³/mol. The highest BCUT2D eigenvalue weighted by atomic mass is 32.2. The van der Waals surface area contributed by atoms with Crippen LogP contribution in [0.3, 0.4) is 0 Å². The van der Waals surface area contributed by atoms with Crippen LogP contribution in [0.2, 0.25) is 0 Å². The minimum absolute atomic E-state index is 0.178. The topological polar surface area (TPSA) is 60.2 Å². The molecule has 0 heterocycles. The lowest BCUT2D eigenvalue weighted by atomic mass is 10.1. The molecule has 3 nitrogen and oxygen atoms in total. The van der Waals surface area contributed by atoms with Crippen molar-refractivity contribution in [2.24, 2.45) is 5.73 Å². The van der Waals surface area contributed by atoms with Gasteiger partial charge in [0.25, 0.3) is 0 Å². The molecule has 0 fully saturated rings. The average Bonchev–Trinajstić information content (AvgIpc) is 2.24. The first-order valence-electron chi connectivity index (χ1n) is 5.48. The molecule has 1 atom stereocenters. The molecule has 96 valence electrons. The van der Waals surface area contributed by atoms with Gasteiger partial charge in [-0.1, -0.05) is 29.8 Å². The molecular formula is C12H19NO2S2. The highest BCUT2D eigenvalue weighted by Crippen LogP contribution is 2.27. The average molecular weight is 273 g/mol. The van der Waals surface area contributed by atoms with Gasteiger partial charge in [0, 0.05) is 23.8 Å². The number of sulfone groups is 1. The van der Waals surface area contributed by atoms with E-state index in [1.165, 1.54) is 11.8 Å². The zero-order valence-electron chi connectivity index (χ0n) is 10.2. The number of hydrogen-bond acceptors (Lipinski definition) is 4. The van der Waals surface area contributed by atoms with Crippen LogP contribution in [0.4, 0.5) is 0 Å². The summed E-state index contributed by atoms with van der Waals surface area (Å²) in [5.74, 6) is 0.800. The summed E-state index contributed by atoms with van der Waals surface area (Å²) in [6, 6.07) is 8.21. The van der Waals surface area contributed by atoms with E-state index in [-0.39, 0.29) is 11.0 Å². The van der Waals surface area contributed by atoms with E-state index >= 15 is 0 Å². The van der Waals surface area contributed by atoms with Crippen LogP contribution < -0.4 is 5.73 Å². The monoisotopic (exact) mass is 273 g/mol. The summed E-state index contributed by atoms with van der Waals surface area (Å²) in [5, 5.41) is 0.178. The Morgan fingerprint density at radius 2 is 1.88 bits per heavy atom. The number of aryl methyl sites for hydroxylation is 1. The summed E-state index contributed by atoms with van der Waals surface area (Å²) in [7, 11) is -2.88. The van der Waals surface area contributed by atoms with Crippen LogP contribution >= 0.6 is 11.8 Å². The van der Waals surface area contributed by atoms with Crippen molar-refractivity contribution >= 4 is 21.6 Å². The second kappa shape index (κ2) is 6.42. The molecule has 0 aliphatic heterocycles. The molecule has 0 spiro atoms. The Bertz CT molecular complexity index is 440. The van der Waals surface area contributed by atoms with Crippen molar-refractivity contribution in [3.8, 4) is 0 Å². The van der Waals surface area contributed by atoms with E-state index < -0.39 is 9.84 Å². The predicted octanol–water partition coefficient (Wildman–Crippen LogP) is 1.77. The summed E-state index contributed by atoms with van der Waals surface area (Å²) < 4.78 is 22.1. The Balaban J connectivity index is 2.57. The first kappa shape index (κ1) is 14.5. The van der Waals surface area contributed by atoms with Gasteiger partial charge in [0.15, 0.2) is 0 Å². The second-order valence-corrected chi connectivity index (χ2v) is 7.71. The highest BCUT2D eigenvalue weighted by molar-refractivity contribution is 8.00. The lowest BCUT2D eigenvalue weighted by molar-refractivity contribution is 0.603. The quantitative estimate of drug-likeness (QED) is 0.858. The molecular weight excluding hydrogens is 254 g/mol. The third-order valence-electron chi connectivity index (χ3n) is 2.44. The molecule has 0 amide bonds. The van der Waals surface area contributed by atoms with Crippen LogP contribution in [0, 0.1) is 6.92 Å². The molecule has 1 unspecified atom stereocenters. The zero-order valence-corrected chi connectivity index (χ0v) is 11.9. The van der Waals surface area contributed by atoms with Crippen molar-refractivity contribution in [3.63, 3.8) is 0 Å². The summed E-state index contributed by atoms with van der Waals surface area (Å²) in [4.78, 5) is 0. The van der Waals surface area contributed by atoms with Gasteiger partial charge in [-0.2, -0.15) is 11.8 Å². The molecule has 0 radical (unpaired) electrons. The van der Waals surface area contributed by atoms with Crippen LogP contribution in [0.25, 0.3) is 0 Å². The Labute approximate surface area is 108 Å². The fraction of sp³-hybridized carbons (Fsp3) is 0.500. The molecule has 0 saturated heterocycles. The van der Waals surface area contributed by atoms with E-state index in [4.69, 9.17) is 5.73 Å². The van der Waals surface area contributed by atoms with E-state index in [1.54, 1.807) is 11.8 Å². The van der Waals surface area contributed by atoms with E-state index in [9.17, 15) is 8.42 Å². The Kier molecular flexibility index (Phi) is 5.49. The van der Waals surface area contributed by atoms with Crippen LogP contribution in [-0.4, -0.2) is 32.7 Å². The first-order chi connectivity index (χ1) is 7.92. The SMILES string of the molecule is Cc1ccc(C(CN)SCCS(C)(=O)=O)cc1. The van der Waals surface area contributed by atoms with Gasteiger partial charge in [0.2, 0.25) is 0 Å². The van der Waals surface area contributed by atoms with Crippen molar-refractivity contribution < 1.29 is 8.42 Å². The fourth-order valence-electron chi connectivity index (χ4n) is 1.42. The van der Waals surface area contributed by atoms with Gasteiger partial charge in [-0.25, -0.2) is 8.42 Å². The Morgan fingerprint density at radius 1 is 1.29 bits per heavy atom. The third-order valence-corrected chi connectivity index (χ3v) is 4.95. The lowest BCUT2D eigenvalue weighted by Crippen LogP contribution is -2.12. The van der Waals surface area contributed by atoms with Gasteiger partial charge in [-0.15, -0.1) is 0 Å². The van der Waals surface area contributed by atoms with E-state index in [1.807, 2.05) is 6.92 Å². The van der Waals surface area contributed by atoms with Gasteiger partial charge in [0.1, 0.15) is 9.84 Å². The summed E-state index contributed by atoms with van der Waals surface area (Å²) in [5.41, 5.74) is 8.10. The third kappa shape index (κ3) is 5.57. The summed E-state index contributed by atoms with van der Waals surface area (Å²) in [6.45, 7) is 2.57. The molecule has 0 aromatic heterocycles. The smallest absolute Gasteiger partial charge is 0.148 e. The van der Waals surface area contributed by atoms with Crippen LogP contribution in [0.1, 0.15) is 16.4 Å². The van der Waals surface area contributed by atoms with Crippen molar-refractivity contribution in [2.75, 3.05) is 24.3 Å². The van der Waals surface area contributed by atoms with Crippen LogP contribution in [-0.2, 0) is 9.84 Å². The highest BCUT2D eigenvalue weighted by Gasteiger charge is 2.11. The molecule has 2 N–H and O–H groups in total. The molecule has 5 heteroatoms. The van der Waals surface area contributed by atoms with Gasteiger partial charge in [-0.3, -0.25) is 0 Å². The molecule has 1 aromatic rings. The molecule has 1 rings (SSSR count). The molecule has 0 aliphatic rings. The molecule has 1 aromatic carbocycles. The lowest BCUT2D eigenvalue weighted by Gasteiger charge is -2.14. The van der Waals surface area contributed by atoms with Crippen molar-refractivity contribution in [1.82, 2.24) is 0 Å². The largest absolute Gasteiger partial charge is 0.329 e. The van der Waals surface area contributed by atoms with Gasteiger partial charge in [-0.05, 0) is 12.5 Å². The van der Waals surface area contributed by atoms with E-state index in [0.29, 0.717) is 12.3 Å². The van der Waals surface area contributed by atoms with Crippen molar-refractivity contribution in [3.05, 3.63) is 35.4 Å². The van der Waals surface area contributed by atoms with Crippen molar-refractivity contribution in [1.29, 1.82) is 0 Å². The second-order valence-electron chi connectivity index (χ2n) is 4.14. The minimum atomic E-state index is -2.88. The molecule has 0 aliphatic carbocycles. The maximum absolute atomic E-state index is 11.0. The maximum Gasteiger partial charge on any atom is 0.148 e. The number of thioether (sulfide) groups is 1. The first-order valence-corrected chi connectivity index (χ1v) is 8.59. The molecule has 0 bridgehead atoms. The zero-order chi connectivity index (χ0) is 12.9. The minimum Gasteiger partial charge on any atom is -0.329 e. The Hall–Kier alpha value is -0.520. The summed E-state index contributed by atoms with van der Waals surface area (Å²) >= 11 is 1.60. The van der Waals surface area contributed by atoms with E-state index in [2.05, 4.69) is 24.3 Å². The number of rotatable bonds is 6. The number of nitrogens with two attached hydrogens (primary N) is 1. The van der Waals surface area contributed by atoms with Crippen LogP contribution in [0.15, 0.2) is 24.3 Å². The van der Waals surface area contributed by atoms with Gasteiger partial charge >= 0.3 is 0 Å². The normalized spacial score (nSPS) is 13.6. The Morgan fingerprint density at radius 3 is 2.35 bits per heavy atom.